The highest BCUT2D eigenvalue weighted by Crippen LogP contribution is 2.42. The summed E-state index contributed by atoms with van der Waals surface area (Å²) in [5.41, 5.74) is 1.33. The topological polar surface area (TPSA) is 12.0 Å². The summed E-state index contributed by atoms with van der Waals surface area (Å²) in [6, 6.07) is 7.76. The molecule has 1 aliphatic rings. The average Bonchev–Trinajstić information content (AvgIpc) is 2.47. The van der Waals surface area contributed by atoms with E-state index in [4.69, 9.17) is 0 Å². The first-order valence-corrected chi connectivity index (χ1v) is 8.59. The Morgan fingerprint density at radius 1 is 1.19 bits per heavy atom. The van der Waals surface area contributed by atoms with Crippen molar-refractivity contribution >= 4 is 0 Å². The minimum atomic E-state index is -0.128. The van der Waals surface area contributed by atoms with Crippen LogP contribution in [-0.4, -0.2) is 12.6 Å². The summed E-state index contributed by atoms with van der Waals surface area (Å²) in [6.07, 6.45) is 6.53. The molecule has 1 aromatic carbocycles. The maximum atomic E-state index is 13.2. The molecule has 0 saturated heterocycles. The normalized spacial score (nSPS) is 26.2. The Labute approximate surface area is 129 Å². The van der Waals surface area contributed by atoms with E-state index in [2.05, 4.69) is 26.1 Å². The lowest BCUT2D eigenvalue weighted by molar-refractivity contribution is 0.217. The zero-order chi connectivity index (χ0) is 15.2. The second-order valence-corrected chi connectivity index (χ2v) is 6.95. The van der Waals surface area contributed by atoms with Crippen molar-refractivity contribution in [3.05, 3.63) is 35.6 Å². The van der Waals surface area contributed by atoms with Crippen LogP contribution in [-0.2, 0) is 0 Å². The maximum absolute atomic E-state index is 13.2. The Kier molecular flexibility index (Phi) is 6.22. The van der Waals surface area contributed by atoms with Crippen LogP contribution in [0.3, 0.4) is 0 Å². The van der Waals surface area contributed by atoms with Gasteiger partial charge in [-0.3, -0.25) is 0 Å². The van der Waals surface area contributed by atoms with Crippen molar-refractivity contribution in [3.63, 3.8) is 0 Å². The van der Waals surface area contributed by atoms with Gasteiger partial charge in [0.1, 0.15) is 5.82 Å². The summed E-state index contributed by atoms with van der Waals surface area (Å²) < 4.78 is 13.2. The van der Waals surface area contributed by atoms with Gasteiger partial charge in [0, 0.05) is 6.04 Å². The third-order valence-electron chi connectivity index (χ3n) is 4.89. The molecule has 1 nitrogen and oxygen atoms in total. The van der Waals surface area contributed by atoms with Crippen molar-refractivity contribution in [2.75, 3.05) is 6.54 Å². The summed E-state index contributed by atoms with van der Waals surface area (Å²) in [5, 5.41) is 3.60. The molecule has 0 bridgehead atoms. The molecular formula is C19H30FN. The van der Waals surface area contributed by atoms with Crippen LogP contribution in [0.15, 0.2) is 24.3 Å². The van der Waals surface area contributed by atoms with Gasteiger partial charge in [-0.15, -0.1) is 0 Å². The second kappa shape index (κ2) is 7.93. The number of benzene rings is 1. The minimum absolute atomic E-state index is 0.128. The summed E-state index contributed by atoms with van der Waals surface area (Å²) in [4.78, 5) is 0. The fourth-order valence-electron chi connectivity index (χ4n) is 3.74. The van der Waals surface area contributed by atoms with Gasteiger partial charge in [-0.05, 0) is 54.8 Å². The lowest BCUT2D eigenvalue weighted by Gasteiger charge is -2.37. The third kappa shape index (κ3) is 4.81. The van der Waals surface area contributed by atoms with Crippen LogP contribution in [0.5, 0.6) is 0 Å². The van der Waals surface area contributed by atoms with Crippen molar-refractivity contribution in [1.29, 1.82) is 0 Å². The van der Waals surface area contributed by atoms with Crippen LogP contribution in [0.4, 0.5) is 4.39 Å². The van der Waals surface area contributed by atoms with Gasteiger partial charge in [0.25, 0.3) is 0 Å². The fraction of sp³-hybridized carbons (Fsp3) is 0.684. The zero-order valence-electron chi connectivity index (χ0n) is 13.7. The highest BCUT2D eigenvalue weighted by molar-refractivity contribution is 5.22. The van der Waals surface area contributed by atoms with Crippen LogP contribution >= 0.6 is 0 Å². The lowest BCUT2D eigenvalue weighted by Crippen LogP contribution is -2.35. The molecule has 3 unspecified atom stereocenters. The Hall–Kier alpha value is -0.890. The lowest BCUT2D eigenvalue weighted by atomic mass is 9.70. The third-order valence-corrected chi connectivity index (χ3v) is 4.89. The Morgan fingerprint density at radius 2 is 1.90 bits per heavy atom. The summed E-state index contributed by atoms with van der Waals surface area (Å²) >= 11 is 0. The van der Waals surface area contributed by atoms with Gasteiger partial charge < -0.3 is 5.32 Å². The van der Waals surface area contributed by atoms with Crippen molar-refractivity contribution in [1.82, 2.24) is 5.32 Å². The van der Waals surface area contributed by atoms with Crippen molar-refractivity contribution in [2.45, 2.75) is 64.8 Å². The predicted molar refractivity (Wildman–Crippen MR) is 88.0 cm³/mol. The van der Waals surface area contributed by atoms with Gasteiger partial charge in [-0.1, -0.05) is 52.2 Å². The molecule has 1 N–H and O–H groups in total. The van der Waals surface area contributed by atoms with E-state index < -0.39 is 0 Å². The fourth-order valence-corrected chi connectivity index (χ4v) is 3.74. The molecule has 3 atom stereocenters. The molecule has 2 rings (SSSR count). The number of hydrogen-bond donors (Lipinski definition) is 1. The molecule has 21 heavy (non-hydrogen) atoms. The molecule has 0 aliphatic heterocycles. The first kappa shape index (κ1) is 16.5. The monoisotopic (exact) mass is 291 g/mol. The zero-order valence-corrected chi connectivity index (χ0v) is 13.7. The van der Waals surface area contributed by atoms with Crippen molar-refractivity contribution < 1.29 is 4.39 Å². The SMILES string of the molecule is CCCC1CCC(CNC(C)C)C(c2ccc(F)cc2)C1. The van der Waals surface area contributed by atoms with Crippen LogP contribution in [0, 0.1) is 17.7 Å². The quantitative estimate of drug-likeness (QED) is 0.766. The molecule has 1 aliphatic carbocycles. The van der Waals surface area contributed by atoms with E-state index in [1.807, 2.05) is 12.1 Å². The number of nitrogens with one attached hydrogen (secondary N) is 1. The van der Waals surface area contributed by atoms with Gasteiger partial charge in [0.2, 0.25) is 0 Å². The second-order valence-electron chi connectivity index (χ2n) is 6.95. The van der Waals surface area contributed by atoms with Crippen LogP contribution in [0.1, 0.15) is 64.4 Å². The molecule has 1 saturated carbocycles. The first-order valence-electron chi connectivity index (χ1n) is 8.59. The minimum Gasteiger partial charge on any atom is -0.314 e. The van der Waals surface area contributed by atoms with Crippen molar-refractivity contribution in [3.8, 4) is 0 Å². The van der Waals surface area contributed by atoms with Gasteiger partial charge in [0.05, 0.1) is 0 Å². The first-order chi connectivity index (χ1) is 10.1. The number of halogens is 1. The van der Waals surface area contributed by atoms with E-state index in [9.17, 15) is 4.39 Å². The molecule has 1 aromatic rings. The summed E-state index contributed by atoms with van der Waals surface area (Å²) in [5.74, 6) is 1.99. The molecule has 0 heterocycles. The molecule has 118 valence electrons. The Morgan fingerprint density at radius 3 is 2.52 bits per heavy atom. The van der Waals surface area contributed by atoms with Gasteiger partial charge >= 0.3 is 0 Å². The molecular weight excluding hydrogens is 261 g/mol. The van der Waals surface area contributed by atoms with E-state index >= 15 is 0 Å². The summed E-state index contributed by atoms with van der Waals surface area (Å²) in [7, 11) is 0. The molecule has 0 amide bonds. The molecule has 0 spiro atoms. The maximum Gasteiger partial charge on any atom is 0.123 e. The van der Waals surface area contributed by atoms with Crippen LogP contribution in [0.2, 0.25) is 0 Å². The smallest absolute Gasteiger partial charge is 0.123 e. The number of rotatable bonds is 6. The van der Waals surface area contributed by atoms with Gasteiger partial charge in [0.15, 0.2) is 0 Å². The van der Waals surface area contributed by atoms with E-state index in [0.717, 1.165) is 12.5 Å². The van der Waals surface area contributed by atoms with Gasteiger partial charge in [-0.2, -0.15) is 0 Å². The van der Waals surface area contributed by atoms with Crippen molar-refractivity contribution in [2.24, 2.45) is 11.8 Å². The summed E-state index contributed by atoms with van der Waals surface area (Å²) in [6.45, 7) is 7.77. The standard InChI is InChI=1S/C19H30FN/c1-4-5-15-6-7-17(13-21-14(2)3)19(12-15)16-8-10-18(20)11-9-16/h8-11,14-15,17,19,21H,4-7,12-13H2,1-3H3. The van der Waals surface area contributed by atoms with E-state index in [0.29, 0.717) is 17.9 Å². The van der Waals surface area contributed by atoms with E-state index in [1.54, 1.807) is 12.1 Å². The largest absolute Gasteiger partial charge is 0.314 e. The predicted octanol–water partition coefficient (Wildman–Crippen LogP) is 5.12. The van der Waals surface area contributed by atoms with Gasteiger partial charge in [-0.25, -0.2) is 4.39 Å². The molecule has 0 radical (unpaired) electrons. The highest BCUT2D eigenvalue weighted by Gasteiger charge is 2.31. The number of hydrogen-bond acceptors (Lipinski definition) is 1. The molecule has 1 fully saturated rings. The Bertz CT molecular complexity index is 412. The van der Waals surface area contributed by atoms with E-state index in [1.165, 1.54) is 37.7 Å². The molecule has 0 aromatic heterocycles. The Balaban J connectivity index is 2.09. The van der Waals surface area contributed by atoms with Crippen LogP contribution < -0.4 is 5.32 Å². The average molecular weight is 291 g/mol. The van der Waals surface area contributed by atoms with E-state index in [-0.39, 0.29) is 5.82 Å². The van der Waals surface area contributed by atoms with Crippen LogP contribution in [0.25, 0.3) is 0 Å². The molecule has 2 heteroatoms. The highest BCUT2D eigenvalue weighted by atomic mass is 19.1.